The molecule has 1 fully saturated rings. The van der Waals surface area contributed by atoms with Crippen LogP contribution in [-0.4, -0.2) is 38.2 Å². The van der Waals surface area contributed by atoms with Gasteiger partial charge in [0.1, 0.15) is 17.7 Å². The summed E-state index contributed by atoms with van der Waals surface area (Å²) >= 11 is 0. The number of imidazole rings is 1. The van der Waals surface area contributed by atoms with Gasteiger partial charge in [0.2, 0.25) is 11.8 Å². The van der Waals surface area contributed by atoms with Gasteiger partial charge in [-0.1, -0.05) is 13.0 Å². The van der Waals surface area contributed by atoms with Gasteiger partial charge < -0.3 is 14.6 Å². The normalized spacial score (nSPS) is 22.7. The Balaban J connectivity index is 1.87. The Hall–Kier alpha value is -2.37. The van der Waals surface area contributed by atoms with Gasteiger partial charge in [-0.25, -0.2) is 4.98 Å². The molecule has 1 aliphatic heterocycles. The van der Waals surface area contributed by atoms with Gasteiger partial charge in [-0.05, 0) is 25.5 Å². The molecule has 3 rings (SSSR count). The summed E-state index contributed by atoms with van der Waals surface area (Å²) in [5.41, 5.74) is 1.62. The Bertz CT molecular complexity index is 661. The van der Waals surface area contributed by atoms with Gasteiger partial charge in [-0.2, -0.15) is 0 Å². The van der Waals surface area contributed by atoms with Gasteiger partial charge in [0.25, 0.3) is 0 Å². The molecule has 1 saturated heterocycles. The van der Waals surface area contributed by atoms with Crippen molar-refractivity contribution in [2.24, 2.45) is 0 Å². The fourth-order valence-electron chi connectivity index (χ4n) is 2.62. The maximum absolute atomic E-state index is 12.4. The number of hydrogen-bond donors (Lipinski definition) is 1. The van der Waals surface area contributed by atoms with Crippen LogP contribution in [0.2, 0.25) is 0 Å². The number of nitrogens with zero attached hydrogens (tertiary/aromatic N) is 3. The number of pyridine rings is 1. The van der Waals surface area contributed by atoms with Crippen LogP contribution in [0.15, 0.2) is 30.6 Å². The van der Waals surface area contributed by atoms with Crippen LogP contribution >= 0.6 is 0 Å². The van der Waals surface area contributed by atoms with Gasteiger partial charge in [-0.15, -0.1) is 0 Å². The zero-order valence-electron chi connectivity index (χ0n) is 12.1. The highest BCUT2D eigenvalue weighted by molar-refractivity contribution is 5.96. The second kappa shape index (κ2) is 5.20. The smallest absolute Gasteiger partial charge is 0.246 e. The van der Waals surface area contributed by atoms with E-state index < -0.39 is 12.1 Å². The third-order valence-corrected chi connectivity index (χ3v) is 3.90. The van der Waals surface area contributed by atoms with E-state index in [1.165, 1.54) is 0 Å². The van der Waals surface area contributed by atoms with E-state index in [0.717, 1.165) is 11.3 Å². The molecular formula is C15H18N4O2. The van der Waals surface area contributed by atoms with Crippen LogP contribution in [0.3, 0.4) is 0 Å². The molecule has 0 bridgehead atoms. The molecule has 2 unspecified atom stereocenters. The molecule has 110 valence electrons. The van der Waals surface area contributed by atoms with Crippen LogP contribution in [0.1, 0.15) is 26.0 Å². The summed E-state index contributed by atoms with van der Waals surface area (Å²) in [5.74, 6) is -0.146. The molecule has 0 saturated carbocycles. The lowest BCUT2D eigenvalue weighted by Crippen LogP contribution is -2.61. The van der Waals surface area contributed by atoms with Crippen molar-refractivity contribution >= 4 is 17.5 Å². The Morgan fingerprint density at radius 2 is 2.14 bits per heavy atom. The number of aromatic nitrogens is 2. The molecule has 2 aromatic heterocycles. The van der Waals surface area contributed by atoms with Gasteiger partial charge in [0.05, 0.1) is 12.2 Å². The van der Waals surface area contributed by atoms with Crippen LogP contribution in [-0.2, 0) is 16.1 Å². The van der Waals surface area contributed by atoms with Crippen LogP contribution in [0, 0.1) is 0 Å². The average molecular weight is 286 g/mol. The molecule has 2 aromatic rings. The summed E-state index contributed by atoms with van der Waals surface area (Å²) in [6.07, 6.45) is 4.40. The minimum absolute atomic E-state index is 0.0401. The van der Waals surface area contributed by atoms with E-state index in [-0.39, 0.29) is 11.8 Å². The maximum atomic E-state index is 12.4. The highest BCUT2D eigenvalue weighted by Gasteiger charge is 2.37. The summed E-state index contributed by atoms with van der Waals surface area (Å²) in [7, 11) is 0. The third kappa shape index (κ3) is 2.37. The van der Waals surface area contributed by atoms with Crippen molar-refractivity contribution in [1.82, 2.24) is 19.6 Å². The van der Waals surface area contributed by atoms with Gasteiger partial charge in [-0.3, -0.25) is 9.59 Å². The summed E-state index contributed by atoms with van der Waals surface area (Å²) in [6, 6.07) is 4.86. The predicted molar refractivity (Wildman–Crippen MR) is 77.4 cm³/mol. The zero-order valence-corrected chi connectivity index (χ0v) is 12.1. The van der Waals surface area contributed by atoms with E-state index in [0.29, 0.717) is 13.0 Å². The highest BCUT2D eigenvalue weighted by atomic mass is 16.2. The van der Waals surface area contributed by atoms with Crippen molar-refractivity contribution < 1.29 is 9.59 Å². The number of carbonyl (C=O) groups is 2. The number of piperazine rings is 1. The first-order valence-corrected chi connectivity index (χ1v) is 7.13. The molecule has 1 N–H and O–H groups in total. The molecule has 6 nitrogen and oxygen atoms in total. The number of rotatable bonds is 3. The van der Waals surface area contributed by atoms with Crippen molar-refractivity contribution in [3.05, 3.63) is 36.3 Å². The van der Waals surface area contributed by atoms with Crippen LogP contribution in [0.25, 0.3) is 5.65 Å². The molecule has 0 aromatic carbocycles. The lowest BCUT2D eigenvalue weighted by molar-refractivity contribution is -0.149. The molecule has 3 heterocycles. The van der Waals surface area contributed by atoms with E-state index in [1.54, 1.807) is 11.8 Å². The Kier molecular flexibility index (Phi) is 3.37. The summed E-state index contributed by atoms with van der Waals surface area (Å²) in [5, 5.41) is 2.75. The monoisotopic (exact) mass is 286 g/mol. The largest absolute Gasteiger partial charge is 0.343 e. The second-order valence-electron chi connectivity index (χ2n) is 5.31. The lowest BCUT2D eigenvalue weighted by Gasteiger charge is -2.36. The summed E-state index contributed by atoms with van der Waals surface area (Å²) < 4.78 is 1.91. The zero-order chi connectivity index (χ0) is 15.0. The number of amides is 2. The fourth-order valence-corrected chi connectivity index (χ4v) is 2.62. The minimum atomic E-state index is -0.467. The molecular weight excluding hydrogens is 268 g/mol. The SMILES string of the molecule is CCC1NC(=O)C(C)N(Cc2cn3ccccc3n2)C1=O. The Morgan fingerprint density at radius 1 is 1.33 bits per heavy atom. The standard InChI is InChI=1S/C15H18N4O2/c1-3-12-15(21)19(10(2)14(20)17-12)9-11-8-18-7-5-4-6-13(18)16-11/h4-8,10,12H,3,9H2,1-2H3,(H,17,20). The van der Waals surface area contributed by atoms with Crippen LogP contribution < -0.4 is 5.32 Å². The average Bonchev–Trinajstić information content (AvgIpc) is 2.89. The first-order valence-electron chi connectivity index (χ1n) is 7.13. The number of nitrogens with one attached hydrogen (secondary N) is 1. The first kappa shape index (κ1) is 13.6. The fraction of sp³-hybridized carbons (Fsp3) is 0.400. The summed E-state index contributed by atoms with van der Waals surface area (Å²) in [6.45, 7) is 3.99. The molecule has 6 heteroatoms. The van der Waals surface area contributed by atoms with E-state index in [1.807, 2.05) is 41.9 Å². The van der Waals surface area contributed by atoms with Crippen LogP contribution in [0.4, 0.5) is 0 Å². The number of carbonyl (C=O) groups excluding carboxylic acids is 2. The molecule has 0 radical (unpaired) electrons. The highest BCUT2D eigenvalue weighted by Crippen LogP contribution is 2.16. The van der Waals surface area contributed by atoms with Crippen molar-refractivity contribution in [3.63, 3.8) is 0 Å². The van der Waals surface area contributed by atoms with Gasteiger partial charge >= 0.3 is 0 Å². The van der Waals surface area contributed by atoms with E-state index in [4.69, 9.17) is 0 Å². The van der Waals surface area contributed by atoms with Gasteiger partial charge in [0.15, 0.2) is 0 Å². The number of fused-ring (bicyclic) bond motifs is 1. The third-order valence-electron chi connectivity index (χ3n) is 3.90. The molecule has 2 atom stereocenters. The first-order chi connectivity index (χ1) is 10.1. The van der Waals surface area contributed by atoms with Gasteiger partial charge in [0, 0.05) is 12.4 Å². The van der Waals surface area contributed by atoms with Crippen molar-refractivity contribution in [1.29, 1.82) is 0 Å². The molecule has 21 heavy (non-hydrogen) atoms. The topological polar surface area (TPSA) is 66.7 Å². The van der Waals surface area contributed by atoms with Crippen molar-refractivity contribution in [2.75, 3.05) is 0 Å². The predicted octanol–water partition coefficient (Wildman–Crippen LogP) is 0.960. The molecule has 0 spiro atoms. The maximum Gasteiger partial charge on any atom is 0.246 e. The Labute approximate surface area is 122 Å². The van der Waals surface area contributed by atoms with Crippen molar-refractivity contribution in [2.45, 2.75) is 38.9 Å². The Morgan fingerprint density at radius 3 is 2.86 bits per heavy atom. The van der Waals surface area contributed by atoms with Crippen LogP contribution in [0.5, 0.6) is 0 Å². The second-order valence-corrected chi connectivity index (χ2v) is 5.31. The quantitative estimate of drug-likeness (QED) is 0.914. The number of hydrogen-bond acceptors (Lipinski definition) is 3. The molecule has 1 aliphatic rings. The van der Waals surface area contributed by atoms with E-state index >= 15 is 0 Å². The lowest BCUT2D eigenvalue weighted by atomic mass is 10.1. The summed E-state index contributed by atoms with van der Waals surface area (Å²) in [4.78, 5) is 30.5. The van der Waals surface area contributed by atoms with E-state index in [9.17, 15) is 9.59 Å². The van der Waals surface area contributed by atoms with Crippen molar-refractivity contribution in [3.8, 4) is 0 Å². The molecule has 0 aliphatic carbocycles. The van der Waals surface area contributed by atoms with E-state index in [2.05, 4.69) is 10.3 Å². The molecule has 2 amide bonds. The minimum Gasteiger partial charge on any atom is -0.343 e.